The molecule has 4 amide bonds. The van der Waals surface area contributed by atoms with Crippen LogP contribution in [0, 0.1) is 5.92 Å². The van der Waals surface area contributed by atoms with Crippen LogP contribution in [0.15, 0.2) is 30.3 Å². The predicted octanol–water partition coefficient (Wildman–Crippen LogP) is 2.77. The van der Waals surface area contributed by atoms with Gasteiger partial charge in [0.25, 0.3) is 5.91 Å². The molecule has 1 aromatic rings. The summed E-state index contributed by atoms with van der Waals surface area (Å²) in [5, 5.41) is 0. The van der Waals surface area contributed by atoms with Crippen molar-refractivity contribution < 1.29 is 14.4 Å². The standard InChI is InChI=1S/C23H34N4O3/c24-14-8-7-13-19-22(29)27(20(21(25)28)15-17-9-3-1-4-10-17)23(30)26(19)16-18-11-5-2-6-12-18/h2,5-6,11-12,17,19-20H,1,3-4,7-10,13-16,24H2,(H2,25,28)/t19-,20+/m1/s1. The number of hydrogen-bond donors (Lipinski definition) is 2. The summed E-state index contributed by atoms with van der Waals surface area (Å²) in [6, 6.07) is 7.77. The number of carbonyl (C=O) groups excluding carboxylic acids is 3. The molecule has 1 aliphatic carbocycles. The molecule has 1 aliphatic heterocycles. The van der Waals surface area contributed by atoms with Gasteiger partial charge in [-0.05, 0) is 43.7 Å². The van der Waals surface area contributed by atoms with E-state index in [1.54, 1.807) is 4.90 Å². The first-order valence-electron chi connectivity index (χ1n) is 11.2. The van der Waals surface area contributed by atoms with Gasteiger partial charge in [-0.25, -0.2) is 9.69 Å². The summed E-state index contributed by atoms with van der Waals surface area (Å²) >= 11 is 0. The molecule has 30 heavy (non-hydrogen) atoms. The van der Waals surface area contributed by atoms with Crippen LogP contribution in [0.2, 0.25) is 0 Å². The van der Waals surface area contributed by atoms with Gasteiger partial charge >= 0.3 is 6.03 Å². The zero-order valence-corrected chi connectivity index (χ0v) is 17.7. The van der Waals surface area contributed by atoms with Gasteiger partial charge in [0.05, 0.1) is 0 Å². The lowest BCUT2D eigenvalue weighted by Gasteiger charge is -2.29. The van der Waals surface area contributed by atoms with Gasteiger partial charge in [0, 0.05) is 6.54 Å². The molecule has 1 heterocycles. The quantitative estimate of drug-likeness (QED) is 0.453. The topological polar surface area (TPSA) is 110 Å². The van der Waals surface area contributed by atoms with E-state index in [2.05, 4.69) is 0 Å². The lowest BCUT2D eigenvalue weighted by atomic mass is 9.84. The summed E-state index contributed by atoms with van der Waals surface area (Å²) in [7, 11) is 0. The zero-order chi connectivity index (χ0) is 21.5. The Morgan fingerprint density at radius 1 is 1.07 bits per heavy atom. The first-order chi connectivity index (χ1) is 14.5. The molecule has 0 aromatic heterocycles. The number of urea groups is 1. The summed E-state index contributed by atoms with van der Waals surface area (Å²) < 4.78 is 0. The fourth-order valence-electron chi connectivity index (χ4n) is 4.75. The van der Waals surface area contributed by atoms with Crippen molar-refractivity contribution in [1.29, 1.82) is 0 Å². The Morgan fingerprint density at radius 3 is 2.40 bits per heavy atom. The largest absolute Gasteiger partial charge is 0.368 e. The second-order valence-corrected chi connectivity index (χ2v) is 8.56. The number of amides is 4. The predicted molar refractivity (Wildman–Crippen MR) is 115 cm³/mol. The van der Waals surface area contributed by atoms with E-state index in [1.165, 1.54) is 6.42 Å². The highest BCUT2D eigenvalue weighted by atomic mass is 16.2. The van der Waals surface area contributed by atoms with Crippen LogP contribution in [0.1, 0.15) is 63.4 Å². The number of primary amides is 1. The number of rotatable bonds is 10. The first-order valence-corrected chi connectivity index (χ1v) is 11.2. The third-order valence-corrected chi connectivity index (χ3v) is 6.40. The number of hydrogen-bond acceptors (Lipinski definition) is 4. The Bertz CT molecular complexity index is 733. The third kappa shape index (κ3) is 5.19. The van der Waals surface area contributed by atoms with Gasteiger partial charge in [0.1, 0.15) is 12.1 Å². The smallest absolute Gasteiger partial charge is 0.328 e. The van der Waals surface area contributed by atoms with Crippen LogP contribution in [0.3, 0.4) is 0 Å². The summed E-state index contributed by atoms with van der Waals surface area (Å²) in [5.41, 5.74) is 12.3. The average molecular weight is 415 g/mol. The minimum absolute atomic E-state index is 0.299. The van der Waals surface area contributed by atoms with Gasteiger partial charge in [0.15, 0.2) is 0 Å². The molecule has 7 nitrogen and oxygen atoms in total. The van der Waals surface area contributed by atoms with Crippen molar-refractivity contribution in [3.8, 4) is 0 Å². The van der Waals surface area contributed by atoms with Gasteiger partial charge in [-0.1, -0.05) is 62.4 Å². The Hall–Kier alpha value is -2.41. The van der Waals surface area contributed by atoms with Gasteiger partial charge in [0.2, 0.25) is 5.91 Å². The molecule has 3 rings (SSSR count). The van der Waals surface area contributed by atoms with Crippen LogP contribution in [0.25, 0.3) is 0 Å². The van der Waals surface area contributed by atoms with Crippen molar-refractivity contribution in [3.63, 3.8) is 0 Å². The zero-order valence-electron chi connectivity index (χ0n) is 17.7. The van der Waals surface area contributed by atoms with Gasteiger partial charge in [-0.3, -0.25) is 9.59 Å². The molecule has 1 saturated heterocycles. The van der Waals surface area contributed by atoms with Crippen molar-refractivity contribution in [3.05, 3.63) is 35.9 Å². The van der Waals surface area contributed by atoms with E-state index in [9.17, 15) is 14.4 Å². The summed E-state index contributed by atoms with van der Waals surface area (Å²) in [4.78, 5) is 41.8. The molecule has 0 bridgehead atoms. The Labute approximate surface area is 178 Å². The van der Waals surface area contributed by atoms with Crippen LogP contribution in [0.5, 0.6) is 0 Å². The number of unbranched alkanes of at least 4 members (excludes halogenated alkanes) is 1. The minimum Gasteiger partial charge on any atom is -0.368 e. The SMILES string of the molecule is NCCCC[C@@H]1C(=O)N([C@@H](CC2CCCCC2)C(N)=O)C(=O)N1Cc1ccccc1. The maximum atomic E-state index is 13.3. The Balaban J connectivity index is 1.82. The van der Waals surface area contributed by atoms with Gasteiger partial charge < -0.3 is 16.4 Å². The fraction of sp³-hybridized carbons (Fsp3) is 0.609. The molecular weight excluding hydrogens is 380 g/mol. The molecule has 4 N–H and O–H groups in total. The highest BCUT2D eigenvalue weighted by molar-refractivity contribution is 6.07. The summed E-state index contributed by atoms with van der Waals surface area (Å²) in [6.45, 7) is 0.882. The van der Waals surface area contributed by atoms with Crippen molar-refractivity contribution in [2.75, 3.05) is 6.54 Å². The lowest BCUT2D eigenvalue weighted by molar-refractivity contribution is -0.135. The highest BCUT2D eigenvalue weighted by Gasteiger charge is 2.49. The van der Waals surface area contributed by atoms with E-state index >= 15 is 0 Å². The Kier molecular flexibility index (Phi) is 7.85. The molecule has 1 aromatic carbocycles. The maximum Gasteiger partial charge on any atom is 0.328 e. The molecule has 0 unspecified atom stereocenters. The second-order valence-electron chi connectivity index (χ2n) is 8.56. The molecule has 2 aliphatic rings. The van der Waals surface area contributed by atoms with E-state index in [-0.39, 0.29) is 5.91 Å². The first kappa shape index (κ1) is 22.3. The van der Waals surface area contributed by atoms with Crippen LogP contribution in [0.4, 0.5) is 4.79 Å². The van der Waals surface area contributed by atoms with Crippen LogP contribution in [-0.2, 0) is 16.1 Å². The number of imide groups is 1. The van der Waals surface area contributed by atoms with E-state index < -0.39 is 24.0 Å². The molecule has 2 atom stereocenters. The van der Waals surface area contributed by atoms with Crippen LogP contribution in [-0.4, -0.2) is 46.3 Å². The van der Waals surface area contributed by atoms with E-state index in [0.29, 0.717) is 31.8 Å². The molecule has 164 valence electrons. The number of carbonyl (C=O) groups is 3. The molecule has 0 spiro atoms. The Morgan fingerprint density at radius 2 is 1.77 bits per heavy atom. The molecular formula is C23H34N4O3. The second kappa shape index (κ2) is 10.6. The molecule has 1 saturated carbocycles. The van der Waals surface area contributed by atoms with Crippen molar-refractivity contribution >= 4 is 17.8 Å². The van der Waals surface area contributed by atoms with Crippen LogP contribution < -0.4 is 11.5 Å². The number of nitrogens with zero attached hydrogens (tertiary/aromatic N) is 2. The molecule has 7 heteroatoms. The fourth-order valence-corrected chi connectivity index (χ4v) is 4.75. The van der Waals surface area contributed by atoms with E-state index in [4.69, 9.17) is 11.5 Å². The number of benzene rings is 1. The maximum absolute atomic E-state index is 13.3. The van der Waals surface area contributed by atoms with Gasteiger partial charge in [-0.15, -0.1) is 0 Å². The average Bonchev–Trinajstić information content (AvgIpc) is 2.97. The van der Waals surface area contributed by atoms with Crippen molar-refractivity contribution in [1.82, 2.24) is 9.80 Å². The molecule has 0 radical (unpaired) electrons. The highest BCUT2D eigenvalue weighted by Crippen LogP contribution is 2.32. The third-order valence-electron chi connectivity index (χ3n) is 6.40. The van der Waals surface area contributed by atoms with E-state index in [1.807, 2.05) is 30.3 Å². The van der Waals surface area contributed by atoms with Crippen molar-refractivity contribution in [2.45, 2.75) is 76.4 Å². The molecule has 2 fully saturated rings. The van der Waals surface area contributed by atoms with Crippen molar-refractivity contribution in [2.24, 2.45) is 17.4 Å². The normalized spacial score (nSPS) is 21.3. The summed E-state index contributed by atoms with van der Waals surface area (Å²) in [5.74, 6) is -0.562. The van der Waals surface area contributed by atoms with Gasteiger partial charge in [-0.2, -0.15) is 0 Å². The van der Waals surface area contributed by atoms with E-state index in [0.717, 1.165) is 49.0 Å². The van der Waals surface area contributed by atoms with Crippen LogP contribution >= 0.6 is 0 Å². The minimum atomic E-state index is -0.870. The summed E-state index contributed by atoms with van der Waals surface area (Å²) in [6.07, 6.45) is 8.05. The lowest BCUT2D eigenvalue weighted by Crippen LogP contribution is -2.49. The number of nitrogens with two attached hydrogens (primary N) is 2. The monoisotopic (exact) mass is 414 g/mol.